The van der Waals surface area contributed by atoms with Crippen molar-refractivity contribution in [1.29, 1.82) is 0 Å². The third-order valence-corrected chi connectivity index (χ3v) is 3.78. The Morgan fingerprint density at radius 3 is 2.48 bits per heavy atom. The van der Waals surface area contributed by atoms with Gasteiger partial charge in [-0.15, -0.1) is 0 Å². The van der Waals surface area contributed by atoms with E-state index in [1.807, 2.05) is 56.8 Å². The van der Waals surface area contributed by atoms with Gasteiger partial charge in [0.2, 0.25) is 0 Å². The standard InChI is InChI=1S/C21H32N6O2/c1-5-22-19(23-12-6-13-24-20(28)29-21(2,3)4)25-16-17-8-10-18(11-9-17)27-15-7-14-26-27/h7-11,14-15H,5-6,12-13,16H2,1-4H3,(H,24,28)(H2,22,23,25). The van der Waals surface area contributed by atoms with E-state index in [1.54, 1.807) is 6.20 Å². The molecule has 1 amide bonds. The summed E-state index contributed by atoms with van der Waals surface area (Å²) in [5.41, 5.74) is 1.65. The highest BCUT2D eigenvalue weighted by atomic mass is 16.6. The topological polar surface area (TPSA) is 92.6 Å². The van der Waals surface area contributed by atoms with Crippen LogP contribution in [0.1, 0.15) is 39.7 Å². The van der Waals surface area contributed by atoms with Crippen LogP contribution in [0.5, 0.6) is 0 Å². The molecule has 0 aliphatic rings. The zero-order valence-corrected chi connectivity index (χ0v) is 17.7. The third-order valence-electron chi connectivity index (χ3n) is 3.78. The van der Waals surface area contributed by atoms with Crippen molar-refractivity contribution in [2.75, 3.05) is 19.6 Å². The average molecular weight is 401 g/mol. The number of carbonyl (C=O) groups excluding carboxylic acids is 1. The molecular weight excluding hydrogens is 368 g/mol. The number of rotatable bonds is 8. The molecule has 0 saturated carbocycles. The number of ether oxygens (including phenoxy) is 1. The molecule has 2 aromatic rings. The molecule has 0 saturated heterocycles. The van der Waals surface area contributed by atoms with Crippen LogP contribution in [0.2, 0.25) is 0 Å². The number of benzene rings is 1. The molecule has 0 aliphatic carbocycles. The SMILES string of the molecule is CCNC(=NCc1ccc(-n2cccn2)cc1)NCCCNC(=O)OC(C)(C)C. The van der Waals surface area contributed by atoms with Crippen LogP contribution in [-0.2, 0) is 11.3 Å². The van der Waals surface area contributed by atoms with Crippen molar-refractivity contribution in [2.45, 2.75) is 46.3 Å². The predicted octanol–water partition coefficient (Wildman–Crippen LogP) is 2.84. The van der Waals surface area contributed by atoms with Gasteiger partial charge in [-0.05, 0) is 57.9 Å². The smallest absolute Gasteiger partial charge is 0.407 e. The van der Waals surface area contributed by atoms with Gasteiger partial charge < -0.3 is 20.7 Å². The van der Waals surface area contributed by atoms with E-state index < -0.39 is 11.7 Å². The number of hydrogen-bond donors (Lipinski definition) is 3. The second-order valence-corrected chi connectivity index (χ2v) is 7.52. The number of nitrogens with zero attached hydrogens (tertiary/aromatic N) is 3. The van der Waals surface area contributed by atoms with Crippen molar-refractivity contribution in [3.05, 3.63) is 48.3 Å². The molecule has 0 bridgehead atoms. The number of nitrogens with one attached hydrogen (secondary N) is 3. The lowest BCUT2D eigenvalue weighted by molar-refractivity contribution is 0.0527. The summed E-state index contributed by atoms with van der Waals surface area (Å²) in [4.78, 5) is 16.2. The Labute approximate surface area is 172 Å². The molecule has 0 unspecified atom stereocenters. The number of guanidine groups is 1. The van der Waals surface area contributed by atoms with E-state index in [2.05, 4.69) is 38.2 Å². The first-order valence-electron chi connectivity index (χ1n) is 9.95. The van der Waals surface area contributed by atoms with Gasteiger partial charge in [-0.1, -0.05) is 12.1 Å². The van der Waals surface area contributed by atoms with Gasteiger partial charge >= 0.3 is 6.09 Å². The Bertz CT molecular complexity index is 763. The van der Waals surface area contributed by atoms with Crippen molar-refractivity contribution in [2.24, 2.45) is 4.99 Å². The summed E-state index contributed by atoms with van der Waals surface area (Å²) in [7, 11) is 0. The van der Waals surface area contributed by atoms with Gasteiger partial charge in [-0.2, -0.15) is 5.10 Å². The van der Waals surface area contributed by atoms with E-state index in [4.69, 9.17) is 4.74 Å². The molecule has 0 aliphatic heterocycles. The summed E-state index contributed by atoms with van der Waals surface area (Å²) >= 11 is 0. The van der Waals surface area contributed by atoms with Gasteiger partial charge in [-0.25, -0.2) is 14.5 Å². The Balaban J connectivity index is 1.75. The minimum atomic E-state index is -0.482. The van der Waals surface area contributed by atoms with Crippen LogP contribution >= 0.6 is 0 Å². The molecule has 0 spiro atoms. The van der Waals surface area contributed by atoms with Crippen molar-refractivity contribution >= 4 is 12.1 Å². The van der Waals surface area contributed by atoms with Gasteiger partial charge in [-0.3, -0.25) is 0 Å². The molecular formula is C21H32N6O2. The number of amides is 1. The second-order valence-electron chi connectivity index (χ2n) is 7.52. The number of aromatic nitrogens is 2. The van der Waals surface area contributed by atoms with Crippen molar-refractivity contribution < 1.29 is 9.53 Å². The molecule has 0 fully saturated rings. The van der Waals surface area contributed by atoms with Crippen LogP contribution in [0, 0.1) is 0 Å². The lowest BCUT2D eigenvalue weighted by Gasteiger charge is -2.19. The highest BCUT2D eigenvalue weighted by Crippen LogP contribution is 2.09. The lowest BCUT2D eigenvalue weighted by Crippen LogP contribution is -2.39. The van der Waals surface area contributed by atoms with E-state index in [-0.39, 0.29) is 0 Å². The first-order valence-corrected chi connectivity index (χ1v) is 9.95. The van der Waals surface area contributed by atoms with Crippen molar-refractivity contribution in [3.8, 4) is 5.69 Å². The summed E-state index contributed by atoms with van der Waals surface area (Å²) in [5.74, 6) is 0.751. The Morgan fingerprint density at radius 2 is 1.86 bits per heavy atom. The summed E-state index contributed by atoms with van der Waals surface area (Å²) in [6, 6.07) is 10.1. The van der Waals surface area contributed by atoms with Crippen LogP contribution in [0.15, 0.2) is 47.7 Å². The molecule has 8 nitrogen and oxygen atoms in total. The molecule has 0 atom stereocenters. The molecule has 2 rings (SSSR count). The Kier molecular flexibility index (Phi) is 8.51. The minimum Gasteiger partial charge on any atom is -0.444 e. The minimum absolute atomic E-state index is 0.392. The van der Waals surface area contributed by atoms with E-state index in [9.17, 15) is 4.79 Å². The maximum atomic E-state index is 11.6. The lowest BCUT2D eigenvalue weighted by atomic mass is 10.2. The first kappa shape index (κ1) is 22.3. The van der Waals surface area contributed by atoms with Crippen LogP contribution in [0.3, 0.4) is 0 Å². The van der Waals surface area contributed by atoms with Crippen LogP contribution in [0.25, 0.3) is 5.69 Å². The molecule has 29 heavy (non-hydrogen) atoms. The van der Waals surface area contributed by atoms with E-state index in [0.29, 0.717) is 19.6 Å². The largest absolute Gasteiger partial charge is 0.444 e. The molecule has 0 radical (unpaired) electrons. The molecule has 3 N–H and O–H groups in total. The first-order chi connectivity index (χ1) is 13.9. The summed E-state index contributed by atoms with van der Waals surface area (Å²) in [6.45, 7) is 10.1. The van der Waals surface area contributed by atoms with Gasteiger partial charge in [0.25, 0.3) is 0 Å². The summed E-state index contributed by atoms with van der Waals surface area (Å²) in [5, 5.41) is 13.5. The highest BCUT2D eigenvalue weighted by Gasteiger charge is 2.15. The maximum absolute atomic E-state index is 11.6. The fourth-order valence-corrected chi connectivity index (χ4v) is 2.49. The van der Waals surface area contributed by atoms with Gasteiger partial charge in [0.05, 0.1) is 12.2 Å². The summed E-state index contributed by atoms with van der Waals surface area (Å²) < 4.78 is 7.03. The van der Waals surface area contributed by atoms with Gasteiger partial charge in [0.1, 0.15) is 5.60 Å². The van der Waals surface area contributed by atoms with E-state index in [0.717, 1.165) is 30.2 Å². The zero-order chi connectivity index (χ0) is 21.1. The Morgan fingerprint density at radius 1 is 1.14 bits per heavy atom. The Hall–Kier alpha value is -3.03. The fraction of sp³-hybridized carbons (Fsp3) is 0.476. The number of aliphatic imine (C=N–C) groups is 1. The van der Waals surface area contributed by atoms with Crippen molar-refractivity contribution in [3.63, 3.8) is 0 Å². The number of hydrogen-bond acceptors (Lipinski definition) is 4. The molecule has 1 aromatic heterocycles. The second kappa shape index (κ2) is 11.1. The van der Waals surface area contributed by atoms with E-state index >= 15 is 0 Å². The number of alkyl carbamates (subject to hydrolysis) is 1. The van der Waals surface area contributed by atoms with Crippen LogP contribution < -0.4 is 16.0 Å². The van der Waals surface area contributed by atoms with Crippen LogP contribution in [-0.4, -0.2) is 47.1 Å². The quantitative estimate of drug-likeness (QED) is 0.360. The normalized spacial score (nSPS) is 11.8. The van der Waals surface area contributed by atoms with Gasteiger partial charge in [0.15, 0.2) is 5.96 Å². The van der Waals surface area contributed by atoms with Crippen molar-refractivity contribution in [1.82, 2.24) is 25.7 Å². The monoisotopic (exact) mass is 400 g/mol. The zero-order valence-electron chi connectivity index (χ0n) is 17.7. The molecule has 1 aromatic carbocycles. The fourth-order valence-electron chi connectivity index (χ4n) is 2.49. The highest BCUT2D eigenvalue weighted by molar-refractivity contribution is 5.79. The average Bonchev–Trinajstić information content (AvgIpc) is 3.19. The van der Waals surface area contributed by atoms with E-state index in [1.165, 1.54) is 0 Å². The maximum Gasteiger partial charge on any atom is 0.407 e. The van der Waals surface area contributed by atoms with Gasteiger partial charge in [0, 0.05) is 32.0 Å². The predicted molar refractivity (Wildman–Crippen MR) is 115 cm³/mol. The summed E-state index contributed by atoms with van der Waals surface area (Å²) in [6.07, 6.45) is 4.05. The molecule has 8 heteroatoms. The third kappa shape index (κ3) is 8.68. The number of carbonyl (C=O) groups is 1. The molecule has 158 valence electrons. The van der Waals surface area contributed by atoms with Crippen LogP contribution in [0.4, 0.5) is 4.79 Å². The molecule has 1 heterocycles.